The van der Waals surface area contributed by atoms with E-state index in [4.69, 9.17) is 19.3 Å². The first-order valence-corrected chi connectivity index (χ1v) is 16.2. The maximum atomic E-state index is 13.9. The first kappa shape index (κ1) is 32.3. The van der Waals surface area contributed by atoms with E-state index in [1.807, 2.05) is 83.4 Å². The smallest absolute Gasteiger partial charge is 0.253 e. The van der Waals surface area contributed by atoms with Crippen molar-refractivity contribution in [1.29, 1.82) is 0 Å². The quantitative estimate of drug-likeness (QED) is 0.169. The summed E-state index contributed by atoms with van der Waals surface area (Å²) in [5.41, 5.74) is 3.94. The van der Waals surface area contributed by atoms with Gasteiger partial charge >= 0.3 is 0 Å². The third kappa shape index (κ3) is 7.18. The van der Waals surface area contributed by atoms with Crippen LogP contribution in [0.5, 0.6) is 17.2 Å². The molecule has 1 N–H and O–H groups in total. The van der Waals surface area contributed by atoms with Crippen LogP contribution in [0.4, 0.5) is 0 Å². The molecule has 2 amide bonds. The minimum atomic E-state index is -0.296. The third-order valence-corrected chi connectivity index (χ3v) is 8.78. The van der Waals surface area contributed by atoms with Crippen LogP contribution in [-0.2, 0) is 11.3 Å². The van der Waals surface area contributed by atoms with E-state index >= 15 is 0 Å². The minimum Gasteiger partial charge on any atom is -0.497 e. The second-order valence-electron chi connectivity index (χ2n) is 10.8. The van der Waals surface area contributed by atoms with E-state index in [1.54, 1.807) is 50.6 Å². The molecule has 4 aromatic carbocycles. The molecule has 0 saturated heterocycles. The highest BCUT2D eigenvalue weighted by Crippen LogP contribution is 2.35. The van der Waals surface area contributed by atoms with E-state index in [2.05, 4.69) is 15.5 Å². The lowest BCUT2D eigenvalue weighted by Gasteiger charge is -2.22. The van der Waals surface area contributed by atoms with Gasteiger partial charge in [0, 0.05) is 17.7 Å². The number of hydrogen-bond acceptors (Lipinski definition) is 9. The number of carbonyl (C=O) groups is 2. The van der Waals surface area contributed by atoms with E-state index in [1.165, 1.54) is 11.8 Å². The number of thioether (sulfide) groups is 1. The van der Waals surface area contributed by atoms with Crippen LogP contribution in [0.25, 0.3) is 5.69 Å². The molecule has 0 saturated carbocycles. The second-order valence-corrected chi connectivity index (χ2v) is 11.7. The lowest BCUT2D eigenvalue weighted by atomic mass is 9.98. The number of methoxy groups -OCH3 is 3. The van der Waals surface area contributed by atoms with E-state index in [0.29, 0.717) is 28.7 Å². The van der Waals surface area contributed by atoms with Gasteiger partial charge < -0.3 is 19.5 Å². The van der Waals surface area contributed by atoms with Crippen molar-refractivity contribution in [3.63, 3.8) is 0 Å². The van der Waals surface area contributed by atoms with Gasteiger partial charge in [0.2, 0.25) is 0 Å². The van der Waals surface area contributed by atoms with Crippen molar-refractivity contribution in [1.82, 2.24) is 25.1 Å². The summed E-state index contributed by atoms with van der Waals surface area (Å²) in [6, 6.07) is 31.6. The lowest BCUT2D eigenvalue weighted by Crippen LogP contribution is -2.28. The molecule has 1 aliphatic heterocycles. The van der Waals surface area contributed by atoms with E-state index in [0.717, 1.165) is 34.0 Å². The standard InChI is InChI=1S/C36H34N6O5S/c1-45-28-16-12-24(13-17-28)31-21-32(25-14-18-29(46-2)19-15-25)42(40-31)34(43)23-48-36-39-38-33(41(36)27-9-5-4-6-10-27)22-37-35(44)26-8-7-11-30(20-26)47-3/h4-20,32H,21-23H2,1-3H3,(H,37,44)/t32-/m1/s1. The van der Waals surface area contributed by atoms with Gasteiger partial charge in [0.15, 0.2) is 11.0 Å². The minimum absolute atomic E-state index is 0.0627. The molecule has 244 valence electrons. The zero-order valence-electron chi connectivity index (χ0n) is 26.7. The Morgan fingerprint density at radius 1 is 0.812 bits per heavy atom. The molecule has 0 spiro atoms. The average Bonchev–Trinajstić information content (AvgIpc) is 3.78. The normalized spacial score (nSPS) is 13.9. The van der Waals surface area contributed by atoms with Crippen molar-refractivity contribution in [2.45, 2.75) is 24.2 Å². The van der Waals surface area contributed by atoms with Gasteiger partial charge in [-0.15, -0.1) is 10.2 Å². The Morgan fingerprint density at radius 2 is 1.50 bits per heavy atom. The van der Waals surface area contributed by atoms with Crippen molar-refractivity contribution in [3.05, 3.63) is 126 Å². The predicted molar refractivity (Wildman–Crippen MR) is 183 cm³/mol. The summed E-state index contributed by atoms with van der Waals surface area (Å²) in [5, 5.41) is 18.6. The predicted octanol–water partition coefficient (Wildman–Crippen LogP) is 5.69. The van der Waals surface area contributed by atoms with Crippen LogP contribution in [0.15, 0.2) is 113 Å². The summed E-state index contributed by atoms with van der Waals surface area (Å²) < 4.78 is 17.8. The average molecular weight is 663 g/mol. The Kier molecular flexibility index (Phi) is 10.0. The molecular formula is C36H34N6O5S. The van der Waals surface area contributed by atoms with Gasteiger partial charge in [0.25, 0.3) is 11.8 Å². The molecule has 2 heterocycles. The number of ether oxygens (including phenoxy) is 3. The van der Waals surface area contributed by atoms with Crippen LogP contribution < -0.4 is 19.5 Å². The van der Waals surface area contributed by atoms with Crippen molar-refractivity contribution in [2.24, 2.45) is 5.10 Å². The molecule has 1 atom stereocenters. The largest absolute Gasteiger partial charge is 0.497 e. The van der Waals surface area contributed by atoms with Crippen LogP contribution in [0.2, 0.25) is 0 Å². The molecule has 1 aromatic heterocycles. The highest BCUT2D eigenvalue weighted by Gasteiger charge is 2.33. The molecule has 6 rings (SSSR count). The SMILES string of the molecule is COc1ccc(C2=NN(C(=O)CSc3nnc(CNC(=O)c4cccc(OC)c4)n3-c3ccccc3)[C@@H](c3ccc(OC)cc3)C2)cc1. The fourth-order valence-corrected chi connectivity index (χ4v) is 6.17. The molecule has 48 heavy (non-hydrogen) atoms. The summed E-state index contributed by atoms with van der Waals surface area (Å²) in [7, 11) is 4.80. The molecule has 0 unspecified atom stereocenters. The van der Waals surface area contributed by atoms with Crippen LogP contribution in [0.1, 0.15) is 39.8 Å². The van der Waals surface area contributed by atoms with Crippen molar-refractivity contribution >= 4 is 29.3 Å². The van der Waals surface area contributed by atoms with E-state index in [-0.39, 0.29) is 30.2 Å². The molecule has 1 aliphatic rings. The molecule has 0 bridgehead atoms. The highest BCUT2D eigenvalue weighted by molar-refractivity contribution is 7.99. The van der Waals surface area contributed by atoms with Gasteiger partial charge in [-0.2, -0.15) is 5.10 Å². The lowest BCUT2D eigenvalue weighted by molar-refractivity contribution is -0.130. The molecule has 0 radical (unpaired) electrons. The summed E-state index contributed by atoms with van der Waals surface area (Å²) >= 11 is 1.26. The third-order valence-electron chi connectivity index (χ3n) is 7.87. The van der Waals surface area contributed by atoms with Crippen molar-refractivity contribution < 1.29 is 23.8 Å². The molecule has 5 aromatic rings. The molecule has 0 aliphatic carbocycles. The van der Waals surface area contributed by atoms with Crippen molar-refractivity contribution in [3.8, 4) is 22.9 Å². The first-order valence-electron chi connectivity index (χ1n) is 15.2. The number of amides is 2. The number of nitrogens with one attached hydrogen (secondary N) is 1. The summed E-state index contributed by atoms with van der Waals surface area (Å²) in [5.74, 6) is 2.19. The van der Waals surface area contributed by atoms with Gasteiger partial charge in [-0.1, -0.05) is 48.2 Å². The Labute approximate surface area is 282 Å². The number of benzene rings is 4. The monoisotopic (exact) mass is 662 g/mol. The number of hydrazone groups is 1. The Hall–Kier alpha value is -5.62. The first-order chi connectivity index (χ1) is 23.5. The number of para-hydroxylation sites is 1. The van der Waals surface area contributed by atoms with Gasteiger partial charge in [0.05, 0.1) is 45.4 Å². The Morgan fingerprint density at radius 3 is 2.19 bits per heavy atom. The van der Waals surface area contributed by atoms with Gasteiger partial charge in [-0.05, 0) is 77.9 Å². The fraction of sp³-hybridized carbons (Fsp3) is 0.194. The highest BCUT2D eigenvalue weighted by atomic mass is 32.2. The number of nitrogens with zero attached hydrogens (tertiary/aromatic N) is 5. The van der Waals surface area contributed by atoms with E-state index in [9.17, 15) is 9.59 Å². The van der Waals surface area contributed by atoms with Crippen LogP contribution in [0.3, 0.4) is 0 Å². The van der Waals surface area contributed by atoms with Crippen LogP contribution in [0, 0.1) is 0 Å². The number of carbonyl (C=O) groups excluding carboxylic acids is 2. The fourth-order valence-electron chi connectivity index (χ4n) is 5.35. The molecular weight excluding hydrogens is 629 g/mol. The molecule has 0 fully saturated rings. The number of aromatic nitrogens is 3. The molecule has 11 nitrogen and oxygen atoms in total. The van der Waals surface area contributed by atoms with E-state index < -0.39 is 0 Å². The summed E-state index contributed by atoms with van der Waals surface area (Å²) in [4.78, 5) is 26.9. The summed E-state index contributed by atoms with van der Waals surface area (Å²) in [6.45, 7) is 0.119. The summed E-state index contributed by atoms with van der Waals surface area (Å²) in [6.07, 6.45) is 0.548. The van der Waals surface area contributed by atoms with Crippen LogP contribution >= 0.6 is 11.8 Å². The Bertz CT molecular complexity index is 1910. The Balaban J connectivity index is 1.23. The maximum Gasteiger partial charge on any atom is 0.253 e. The zero-order chi connectivity index (χ0) is 33.5. The van der Waals surface area contributed by atoms with Gasteiger partial charge in [0.1, 0.15) is 17.2 Å². The maximum absolute atomic E-state index is 13.9. The second kappa shape index (κ2) is 14.9. The topological polar surface area (TPSA) is 120 Å². The molecule has 12 heteroatoms. The van der Waals surface area contributed by atoms with Gasteiger partial charge in [-0.25, -0.2) is 5.01 Å². The van der Waals surface area contributed by atoms with Crippen LogP contribution in [-0.4, -0.2) is 64.4 Å². The van der Waals surface area contributed by atoms with Gasteiger partial charge in [-0.3, -0.25) is 14.2 Å². The van der Waals surface area contributed by atoms with Crippen molar-refractivity contribution in [2.75, 3.05) is 27.1 Å². The number of hydrogen-bond donors (Lipinski definition) is 1. The number of rotatable bonds is 12. The zero-order valence-corrected chi connectivity index (χ0v) is 27.5.